The summed E-state index contributed by atoms with van der Waals surface area (Å²) < 4.78 is 5.81. The minimum atomic E-state index is -0.416. The predicted octanol–water partition coefficient (Wildman–Crippen LogP) is 5.28. The average Bonchev–Trinajstić information content (AvgIpc) is 3.36. The van der Waals surface area contributed by atoms with Gasteiger partial charge in [0.15, 0.2) is 11.6 Å². The van der Waals surface area contributed by atoms with E-state index in [9.17, 15) is 9.59 Å². The summed E-state index contributed by atoms with van der Waals surface area (Å²) in [5.74, 6) is 0.000238. The number of aromatic nitrogens is 2. The lowest BCUT2D eigenvalue weighted by molar-refractivity contribution is 0.101. The molecule has 9 heteroatoms. The number of anilines is 2. The van der Waals surface area contributed by atoms with Gasteiger partial charge in [0.1, 0.15) is 6.61 Å². The molecule has 7 nitrogen and oxygen atoms in total. The number of halogens is 1. The Bertz CT molecular complexity index is 1230. The number of thiophene rings is 1. The number of benzene rings is 1. The molecule has 4 aromatic rings. The van der Waals surface area contributed by atoms with E-state index in [1.807, 2.05) is 17.5 Å². The summed E-state index contributed by atoms with van der Waals surface area (Å²) in [5.41, 5.74) is 1.58. The number of hydrogen-bond donors (Lipinski definition) is 2. The van der Waals surface area contributed by atoms with Gasteiger partial charge in [0, 0.05) is 24.2 Å². The normalized spacial score (nSPS) is 10.4. The molecule has 0 radical (unpaired) electrons. The number of pyridine rings is 2. The van der Waals surface area contributed by atoms with Crippen LogP contribution in [0.3, 0.4) is 0 Å². The van der Waals surface area contributed by atoms with Gasteiger partial charge in [-0.15, -0.1) is 11.3 Å². The van der Waals surface area contributed by atoms with Crippen LogP contribution < -0.4 is 15.4 Å². The fourth-order valence-electron chi connectivity index (χ4n) is 2.77. The molecule has 0 aliphatic carbocycles. The largest absolute Gasteiger partial charge is 0.485 e. The summed E-state index contributed by atoms with van der Waals surface area (Å²) >= 11 is 7.52. The van der Waals surface area contributed by atoms with Gasteiger partial charge in [-0.25, -0.2) is 4.98 Å². The average molecular weight is 465 g/mol. The fraction of sp³-hybridized carbons (Fsp3) is 0.0435. The third kappa shape index (κ3) is 5.29. The van der Waals surface area contributed by atoms with Gasteiger partial charge in [0.2, 0.25) is 0 Å². The predicted molar refractivity (Wildman–Crippen MR) is 124 cm³/mol. The van der Waals surface area contributed by atoms with E-state index in [0.717, 1.165) is 5.56 Å². The minimum Gasteiger partial charge on any atom is -0.485 e. The van der Waals surface area contributed by atoms with Gasteiger partial charge < -0.3 is 15.4 Å². The third-order valence-electron chi connectivity index (χ3n) is 4.37. The van der Waals surface area contributed by atoms with Gasteiger partial charge in [0.25, 0.3) is 11.8 Å². The molecule has 0 saturated carbocycles. The van der Waals surface area contributed by atoms with Crippen molar-refractivity contribution in [1.82, 2.24) is 9.97 Å². The molecule has 0 unspecified atom stereocenters. The molecule has 1 aromatic carbocycles. The first-order valence-electron chi connectivity index (χ1n) is 9.52. The Labute approximate surface area is 193 Å². The molecule has 3 aromatic heterocycles. The summed E-state index contributed by atoms with van der Waals surface area (Å²) in [4.78, 5) is 33.9. The Balaban J connectivity index is 1.48. The Morgan fingerprint density at radius 2 is 1.81 bits per heavy atom. The van der Waals surface area contributed by atoms with Crippen molar-refractivity contribution in [2.24, 2.45) is 0 Å². The summed E-state index contributed by atoms with van der Waals surface area (Å²) in [6.45, 7) is 0.303. The molecule has 160 valence electrons. The highest BCUT2D eigenvalue weighted by atomic mass is 35.5. The first-order valence-corrected chi connectivity index (χ1v) is 10.8. The molecule has 2 amide bonds. The number of carbonyl (C=O) groups is 2. The van der Waals surface area contributed by atoms with E-state index in [1.165, 1.54) is 17.4 Å². The monoisotopic (exact) mass is 464 g/mol. The molecule has 0 spiro atoms. The lowest BCUT2D eigenvalue weighted by Gasteiger charge is -2.12. The van der Waals surface area contributed by atoms with Gasteiger partial charge >= 0.3 is 0 Å². The second-order valence-corrected chi connectivity index (χ2v) is 7.93. The van der Waals surface area contributed by atoms with Crippen molar-refractivity contribution in [3.8, 4) is 5.75 Å². The number of hydrogen-bond acceptors (Lipinski definition) is 6. The van der Waals surface area contributed by atoms with Gasteiger partial charge in [-0.05, 0) is 59.5 Å². The molecule has 0 aliphatic heterocycles. The zero-order valence-electron chi connectivity index (χ0n) is 16.6. The summed E-state index contributed by atoms with van der Waals surface area (Å²) in [6.07, 6.45) is 4.92. The molecule has 3 heterocycles. The molecule has 32 heavy (non-hydrogen) atoms. The van der Waals surface area contributed by atoms with E-state index >= 15 is 0 Å². The van der Waals surface area contributed by atoms with Gasteiger partial charge in [-0.3, -0.25) is 14.6 Å². The van der Waals surface area contributed by atoms with Crippen molar-refractivity contribution in [2.45, 2.75) is 6.61 Å². The molecule has 0 saturated heterocycles. The van der Waals surface area contributed by atoms with Crippen LogP contribution in [-0.2, 0) is 6.61 Å². The van der Waals surface area contributed by atoms with E-state index in [1.54, 1.807) is 55.0 Å². The lowest BCUT2D eigenvalue weighted by Crippen LogP contribution is -2.15. The van der Waals surface area contributed by atoms with E-state index < -0.39 is 5.91 Å². The van der Waals surface area contributed by atoms with Crippen molar-refractivity contribution >= 4 is 46.3 Å². The second kappa shape index (κ2) is 10.0. The Hall–Kier alpha value is -3.75. The van der Waals surface area contributed by atoms with Crippen LogP contribution in [0.4, 0.5) is 11.5 Å². The molecular formula is C23H17ClN4O3S. The number of ether oxygens (including phenoxy) is 1. The number of carbonyl (C=O) groups excluding carboxylic acids is 2. The van der Waals surface area contributed by atoms with Crippen molar-refractivity contribution in [3.05, 3.63) is 99.6 Å². The number of nitrogens with zero attached hydrogens (tertiary/aromatic N) is 2. The van der Waals surface area contributed by atoms with E-state index in [2.05, 4.69) is 20.6 Å². The van der Waals surface area contributed by atoms with Crippen molar-refractivity contribution in [3.63, 3.8) is 0 Å². The van der Waals surface area contributed by atoms with Crippen molar-refractivity contribution in [1.29, 1.82) is 0 Å². The zero-order valence-corrected chi connectivity index (χ0v) is 18.2. The third-order valence-corrected chi connectivity index (χ3v) is 5.57. The number of nitrogens with one attached hydrogen (secondary N) is 2. The summed E-state index contributed by atoms with van der Waals surface area (Å²) in [5, 5.41) is 7.62. The van der Waals surface area contributed by atoms with Crippen LogP contribution in [0.1, 0.15) is 25.6 Å². The van der Waals surface area contributed by atoms with Crippen LogP contribution in [0.5, 0.6) is 5.75 Å². The minimum absolute atomic E-state index is 0.283. The first kappa shape index (κ1) is 21.5. The van der Waals surface area contributed by atoms with Crippen LogP contribution in [0, 0.1) is 0 Å². The Kier molecular flexibility index (Phi) is 6.74. The van der Waals surface area contributed by atoms with Gasteiger partial charge in [-0.1, -0.05) is 17.7 Å². The van der Waals surface area contributed by atoms with Crippen LogP contribution in [0.2, 0.25) is 5.02 Å². The maximum absolute atomic E-state index is 12.8. The quantitative estimate of drug-likeness (QED) is 0.388. The van der Waals surface area contributed by atoms with E-state index in [-0.39, 0.29) is 11.7 Å². The maximum Gasteiger partial charge on any atom is 0.265 e. The zero-order chi connectivity index (χ0) is 22.3. The summed E-state index contributed by atoms with van der Waals surface area (Å²) in [7, 11) is 0. The topological polar surface area (TPSA) is 93.2 Å². The molecule has 2 N–H and O–H groups in total. The van der Waals surface area contributed by atoms with Gasteiger partial charge in [-0.2, -0.15) is 0 Å². The van der Waals surface area contributed by atoms with E-state index in [4.69, 9.17) is 16.3 Å². The second-order valence-electron chi connectivity index (χ2n) is 6.57. The SMILES string of the molecule is O=C(Nc1ncccc1OCc1ccncc1)c1ccc(Cl)c(NC(=O)c2cccs2)c1. The Morgan fingerprint density at radius 1 is 0.969 bits per heavy atom. The van der Waals surface area contributed by atoms with E-state index in [0.29, 0.717) is 33.5 Å². The standard InChI is InChI=1S/C23H17ClN4O3S/c24-17-6-5-16(13-18(17)27-23(30)20-4-2-12-32-20)22(29)28-21-19(3-1-9-26-21)31-14-15-7-10-25-11-8-15/h1-13H,14H2,(H,27,30)(H,26,28,29). The molecular weight excluding hydrogens is 448 g/mol. The van der Waals surface area contributed by atoms with Crippen molar-refractivity contribution in [2.75, 3.05) is 10.6 Å². The molecule has 0 aliphatic rings. The number of amides is 2. The van der Waals surface area contributed by atoms with Crippen LogP contribution in [0.15, 0.2) is 78.6 Å². The maximum atomic E-state index is 12.8. The van der Waals surface area contributed by atoms with Crippen LogP contribution >= 0.6 is 22.9 Å². The van der Waals surface area contributed by atoms with Crippen LogP contribution in [-0.4, -0.2) is 21.8 Å². The lowest BCUT2D eigenvalue weighted by atomic mass is 10.2. The fourth-order valence-corrected chi connectivity index (χ4v) is 3.56. The highest BCUT2D eigenvalue weighted by molar-refractivity contribution is 7.12. The van der Waals surface area contributed by atoms with Crippen LogP contribution in [0.25, 0.3) is 0 Å². The first-order chi connectivity index (χ1) is 15.6. The molecule has 0 fully saturated rings. The summed E-state index contributed by atoms with van der Waals surface area (Å²) in [6, 6.07) is 15.3. The number of rotatable bonds is 7. The molecule has 4 rings (SSSR count). The molecule has 0 bridgehead atoms. The Morgan fingerprint density at radius 3 is 2.59 bits per heavy atom. The smallest absolute Gasteiger partial charge is 0.265 e. The van der Waals surface area contributed by atoms with Gasteiger partial charge in [0.05, 0.1) is 15.6 Å². The highest BCUT2D eigenvalue weighted by Gasteiger charge is 2.15. The highest BCUT2D eigenvalue weighted by Crippen LogP contribution is 2.26. The molecule has 0 atom stereocenters. The van der Waals surface area contributed by atoms with Crippen molar-refractivity contribution < 1.29 is 14.3 Å².